The Labute approximate surface area is 128 Å². The Morgan fingerprint density at radius 1 is 1.17 bits per heavy atom. The Hall–Kier alpha value is -1.77. The van der Waals surface area contributed by atoms with Crippen molar-refractivity contribution in [1.82, 2.24) is 5.32 Å². The number of halogens is 6. The topological polar surface area (TPSA) is 38.3 Å². The normalized spacial score (nSPS) is 16.0. The first-order valence-electron chi connectivity index (χ1n) is 6.52. The number of esters is 1. The molecular weight excluding hydrogens is 328 g/mol. The van der Waals surface area contributed by atoms with Crippen LogP contribution in [0.4, 0.5) is 26.3 Å². The first-order valence-corrected chi connectivity index (χ1v) is 6.52. The summed E-state index contributed by atoms with van der Waals surface area (Å²) in [4.78, 5) is 11.5. The Morgan fingerprint density at radius 2 is 1.74 bits per heavy atom. The van der Waals surface area contributed by atoms with Crippen molar-refractivity contribution >= 4 is 5.97 Å². The van der Waals surface area contributed by atoms with Crippen LogP contribution in [-0.2, 0) is 16.1 Å². The zero-order valence-corrected chi connectivity index (χ0v) is 12.0. The van der Waals surface area contributed by atoms with Crippen LogP contribution in [0.5, 0.6) is 0 Å². The summed E-state index contributed by atoms with van der Waals surface area (Å²) in [5.74, 6) is -4.97. The number of ether oxygens (including phenoxy) is 1. The maximum absolute atomic E-state index is 14.1. The van der Waals surface area contributed by atoms with Gasteiger partial charge < -0.3 is 4.74 Å². The summed E-state index contributed by atoms with van der Waals surface area (Å²) >= 11 is 0. The summed E-state index contributed by atoms with van der Waals surface area (Å²) in [5.41, 5.74) is 0.536. The minimum absolute atomic E-state index is 0.186. The van der Waals surface area contributed by atoms with E-state index < -0.39 is 36.7 Å². The van der Waals surface area contributed by atoms with Crippen molar-refractivity contribution in [2.24, 2.45) is 5.92 Å². The van der Waals surface area contributed by atoms with Crippen molar-refractivity contribution in [3.8, 4) is 0 Å². The maximum atomic E-state index is 14.1. The van der Waals surface area contributed by atoms with Crippen LogP contribution in [0.2, 0.25) is 0 Å². The van der Waals surface area contributed by atoms with Gasteiger partial charge >= 0.3 is 12.1 Å². The molecule has 0 aliphatic carbocycles. The Balaban J connectivity index is 2.93. The molecule has 3 unspecified atom stereocenters. The van der Waals surface area contributed by atoms with Crippen molar-refractivity contribution in [3.05, 3.63) is 35.9 Å². The fourth-order valence-electron chi connectivity index (χ4n) is 1.95. The molecule has 0 saturated carbocycles. The number of hydrogen-bond acceptors (Lipinski definition) is 3. The van der Waals surface area contributed by atoms with Gasteiger partial charge in [-0.15, -0.1) is 0 Å². The van der Waals surface area contributed by atoms with E-state index in [1.165, 1.54) is 0 Å². The number of benzene rings is 1. The van der Waals surface area contributed by atoms with Crippen LogP contribution < -0.4 is 5.32 Å². The molecule has 1 N–H and O–H groups in total. The zero-order chi connectivity index (χ0) is 17.6. The van der Waals surface area contributed by atoms with E-state index in [0.717, 1.165) is 7.11 Å². The van der Waals surface area contributed by atoms with Gasteiger partial charge in [-0.1, -0.05) is 30.3 Å². The highest BCUT2D eigenvalue weighted by molar-refractivity contribution is 5.76. The maximum Gasteiger partial charge on any atom is 0.400 e. The highest BCUT2D eigenvalue weighted by Crippen LogP contribution is 2.36. The van der Waals surface area contributed by atoms with E-state index in [-0.39, 0.29) is 6.54 Å². The molecule has 0 aliphatic rings. The second kappa shape index (κ2) is 8.19. The third kappa shape index (κ3) is 5.42. The summed E-state index contributed by atoms with van der Waals surface area (Å²) in [6.07, 6.45) is -12.7. The number of methoxy groups -OCH3 is 1. The molecule has 3 nitrogen and oxygen atoms in total. The lowest BCUT2D eigenvalue weighted by Gasteiger charge is -2.28. The molecule has 3 atom stereocenters. The lowest BCUT2D eigenvalue weighted by Crippen LogP contribution is -2.52. The van der Waals surface area contributed by atoms with Crippen molar-refractivity contribution in [2.45, 2.75) is 31.4 Å². The summed E-state index contributed by atoms with van der Waals surface area (Å²) in [6.45, 7) is -0.186. The molecule has 0 fully saturated rings. The van der Waals surface area contributed by atoms with Gasteiger partial charge in [-0.3, -0.25) is 10.1 Å². The molecule has 0 saturated heterocycles. The SMILES string of the molecule is COC(=O)C(NCc1ccccc1)C(F)C(C(F)F)C(F)(F)F. The van der Waals surface area contributed by atoms with Crippen LogP contribution >= 0.6 is 0 Å². The van der Waals surface area contributed by atoms with E-state index in [1.54, 1.807) is 30.3 Å². The number of hydrogen-bond donors (Lipinski definition) is 1. The molecule has 23 heavy (non-hydrogen) atoms. The monoisotopic (exact) mass is 343 g/mol. The molecule has 1 rings (SSSR count). The Kier molecular flexibility index (Phi) is 6.86. The molecule has 1 aromatic rings. The predicted molar refractivity (Wildman–Crippen MR) is 69.5 cm³/mol. The smallest absolute Gasteiger partial charge is 0.400 e. The van der Waals surface area contributed by atoms with Crippen LogP contribution in [0.25, 0.3) is 0 Å². The van der Waals surface area contributed by atoms with Crippen molar-refractivity contribution < 1.29 is 35.9 Å². The minimum atomic E-state index is -5.49. The van der Waals surface area contributed by atoms with Crippen molar-refractivity contribution in [2.75, 3.05) is 7.11 Å². The molecule has 130 valence electrons. The van der Waals surface area contributed by atoms with Gasteiger partial charge in [-0.25, -0.2) is 13.2 Å². The second-order valence-corrected chi connectivity index (χ2v) is 4.71. The van der Waals surface area contributed by atoms with E-state index in [1.807, 2.05) is 0 Å². The summed E-state index contributed by atoms with van der Waals surface area (Å²) in [7, 11) is 0.831. The van der Waals surface area contributed by atoms with Crippen LogP contribution in [0.1, 0.15) is 5.56 Å². The zero-order valence-electron chi connectivity index (χ0n) is 12.0. The van der Waals surface area contributed by atoms with E-state index in [2.05, 4.69) is 10.1 Å². The van der Waals surface area contributed by atoms with Crippen molar-refractivity contribution in [3.63, 3.8) is 0 Å². The summed E-state index contributed by atoms with van der Waals surface area (Å²) in [6, 6.07) is 5.89. The number of carbonyl (C=O) groups excluding carboxylic acids is 1. The number of nitrogens with one attached hydrogen (secondary N) is 1. The molecule has 9 heteroatoms. The number of rotatable bonds is 7. The van der Waals surface area contributed by atoms with E-state index >= 15 is 0 Å². The van der Waals surface area contributed by atoms with Crippen LogP contribution in [0.15, 0.2) is 30.3 Å². The molecule has 1 aromatic carbocycles. The van der Waals surface area contributed by atoms with Gasteiger partial charge in [0.15, 0.2) is 0 Å². The van der Waals surface area contributed by atoms with Gasteiger partial charge in [-0.05, 0) is 5.56 Å². The van der Waals surface area contributed by atoms with E-state index in [4.69, 9.17) is 0 Å². The molecule has 0 bridgehead atoms. The van der Waals surface area contributed by atoms with E-state index in [9.17, 15) is 31.1 Å². The van der Waals surface area contributed by atoms with Gasteiger partial charge in [0.05, 0.1) is 7.11 Å². The standard InChI is InChI=1S/C14H15F6NO2/c1-23-13(22)11(21-7-8-5-3-2-4-6-8)10(15)9(12(16)17)14(18,19)20/h2-6,9-12,21H,7H2,1H3. The summed E-state index contributed by atoms with van der Waals surface area (Å²) < 4.78 is 81.3. The average Bonchev–Trinajstić information content (AvgIpc) is 2.46. The van der Waals surface area contributed by atoms with Gasteiger partial charge in [-0.2, -0.15) is 13.2 Å². The highest BCUT2D eigenvalue weighted by Gasteiger charge is 2.54. The molecule has 0 radical (unpaired) electrons. The third-order valence-electron chi connectivity index (χ3n) is 3.13. The molecule has 0 amide bonds. The minimum Gasteiger partial charge on any atom is -0.468 e. The lowest BCUT2D eigenvalue weighted by molar-refractivity contribution is -0.227. The fraction of sp³-hybridized carbons (Fsp3) is 0.500. The summed E-state index contributed by atoms with van der Waals surface area (Å²) in [5, 5.41) is 2.21. The third-order valence-corrected chi connectivity index (χ3v) is 3.13. The largest absolute Gasteiger partial charge is 0.468 e. The highest BCUT2D eigenvalue weighted by atomic mass is 19.4. The average molecular weight is 343 g/mol. The number of carbonyl (C=O) groups is 1. The quantitative estimate of drug-likeness (QED) is 0.611. The van der Waals surface area contributed by atoms with Gasteiger partial charge in [0.1, 0.15) is 18.1 Å². The Bertz CT molecular complexity index is 494. The molecule has 0 aliphatic heterocycles. The Morgan fingerprint density at radius 3 is 2.17 bits per heavy atom. The first-order chi connectivity index (χ1) is 10.7. The van der Waals surface area contributed by atoms with Gasteiger partial charge in [0.2, 0.25) is 0 Å². The first kappa shape index (κ1) is 19.3. The van der Waals surface area contributed by atoms with Crippen LogP contribution in [0, 0.1) is 5.92 Å². The van der Waals surface area contributed by atoms with Gasteiger partial charge in [0, 0.05) is 6.54 Å². The molecule has 0 spiro atoms. The molecular formula is C14H15F6NO2. The molecule has 0 heterocycles. The molecule has 0 aromatic heterocycles. The second-order valence-electron chi connectivity index (χ2n) is 4.71. The van der Waals surface area contributed by atoms with Crippen LogP contribution in [0.3, 0.4) is 0 Å². The van der Waals surface area contributed by atoms with Crippen molar-refractivity contribution in [1.29, 1.82) is 0 Å². The lowest BCUT2D eigenvalue weighted by atomic mass is 9.96. The predicted octanol–water partition coefficient (Wildman–Crippen LogP) is 3.10. The number of alkyl halides is 6. The van der Waals surface area contributed by atoms with Crippen LogP contribution in [-0.4, -0.2) is 37.9 Å². The van der Waals surface area contributed by atoms with Gasteiger partial charge in [0.25, 0.3) is 6.43 Å². The fourth-order valence-corrected chi connectivity index (χ4v) is 1.95. The van der Waals surface area contributed by atoms with E-state index in [0.29, 0.717) is 5.56 Å².